The predicted molar refractivity (Wildman–Crippen MR) is 64.9 cm³/mol. The third-order valence-corrected chi connectivity index (χ3v) is 4.93. The molecule has 0 fully saturated rings. The van der Waals surface area contributed by atoms with E-state index < -0.39 is 20.3 Å². The Labute approximate surface area is 104 Å². The molecule has 0 aliphatic heterocycles. The van der Waals surface area contributed by atoms with Gasteiger partial charge >= 0.3 is 0 Å². The number of carbonyl (C=O) groups excluding carboxylic acids is 1. The molecule has 1 atom stereocenters. The topological polar surface area (TPSA) is 51.2 Å². The zero-order valence-electron chi connectivity index (χ0n) is 8.48. The number of ketones is 1. The lowest BCUT2D eigenvalue weighted by molar-refractivity contribution is 0.101. The fraction of sp³-hybridized carbons (Fsp3) is 0.300. The molecular weight excluding hydrogens is 271 g/mol. The molecular formula is C10H10Cl2O3S. The standard InChI is InChI=1S/C10H10Cl2O3S/c1-2-16(14,15)10(12)9(13)7-4-3-5-8(11)6-7/h3-6,10H,2H2,1H3/t10-/m1/s1. The summed E-state index contributed by atoms with van der Waals surface area (Å²) in [5, 5.41) is 0.364. The normalized spacial score (nSPS) is 13.4. The molecule has 0 saturated heterocycles. The summed E-state index contributed by atoms with van der Waals surface area (Å²) in [6, 6.07) is 6.03. The Morgan fingerprint density at radius 2 is 2.06 bits per heavy atom. The van der Waals surface area contributed by atoms with Gasteiger partial charge in [0.15, 0.2) is 20.3 Å². The van der Waals surface area contributed by atoms with Gasteiger partial charge in [-0.25, -0.2) is 8.42 Å². The maximum absolute atomic E-state index is 11.7. The smallest absolute Gasteiger partial charge is 0.197 e. The van der Waals surface area contributed by atoms with Gasteiger partial charge < -0.3 is 0 Å². The first-order valence-corrected chi connectivity index (χ1v) is 7.07. The summed E-state index contributed by atoms with van der Waals surface area (Å²) in [4.78, 5) is 11.7. The first-order valence-electron chi connectivity index (χ1n) is 4.54. The molecule has 88 valence electrons. The van der Waals surface area contributed by atoms with Crippen LogP contribution in [0, 0.1) is 0 Å². The van der Waals surface area contributed by atoms with Crippen molar-refractivity contribution in [2.75, 3.05) is 5.75 Å². The largest absolute Gasteiger partial charge is 0.291 e. The van der Waals surface area contributed by atoms with Crippen molar-refractivity contribution in [3.05, 3.63) is 34.9 Å². The SMILES string of the molecule is CCS(=O)(=O)[C@@H](Cl)C(=O)c1cccc(Cl)c1. The van der Waals surface area contributed by atoms with Crippen LogP contribution in [-0.2, 0) is 9.84 Å². The van der Waals surface area contributed by atoms with Crippen molar-refractivity contribution in [3.63, 3.8) is 0 Å². The van der Waals surface area contributed by atoms with Gasteiger partial charge in [-0.3, -0.25) is 4.79 Å². The second-order valence-corrected chi connectivity index (χ2v) is 6.65. The highest BCUT2D eigenvalue weighted by Gasteiger charge is 2.29. The van der Waals surface area contributed by atoms with E-state index >= 15 is 0 Å². The molecule has 6 heteroatoms. The van der Waals surface area contributed by atoms with Crippen LogP contribution < -0.4 is 0 Å². The van der Waals surface area contributed by atoms with Crippen molar-refractivity contribution < 1.29 is 13.2 Å². The second kappa shape index (κ2) is 5.17. The van der Waals surface area contributed by atoms with E-state index in [0.717, 1.165) is 0 Å². The van der Waals surface area contributed by atoms with E-state index in [0.29, 0.717) is 5.02 Å². The number of alkyl halides is 1. The number of Topliss-reactive ketones (excluding diaryl/α,β-unsaturated/α-hetero) is 1. The van der Waals surface area contributed by atoms with Crippen LogP contribution >= 0.6 is 23.2 Å². The van der Waals surface area contributed by atoms with Crippen molar-refractivity contribution in [3.8, 4) is 0 Å². The molecule has 3 nitrogen and oxygen atoms in total. The van der Waals surface area contributed by atoms with E-state index in [1.54, 1.807) is 12.1 Å². The highest BCUT2D eigenvalue weighted by molar-refractivity contribution is 7.94. The van der Waals surface area contributed by atoms with Gasteiger partial charge in [0.25, 0.3) is 0 Å². The number of hydrogen-bond donors (Lipinski definition) is 0. The molecule has 0 amide bonds. The summed E-state index contributed by atoms with van der Waals surface area (Å²) < 4.78 is 21.3. The fourth-order valence-corrected chi connectivity index (χ4v) is 2.53. The summed E-state index contributed by atoms with van der Waals surface area (Å²) in [5.74, 6) is -0.820. The third kappa shape index (κ3) is 2.97. The molecule has 1 rings (SSSR count). The van der Waals surface area contributed by atoms with Gasteiger partial charge in [-0.15, -0.1) is 0 Å². The summed E-state index contributed by atoms with van der Waals surface area (Å²) in [6.45, 7) is 1.44. The lowest BCUT2D eigenvalue weighted by Crippen LogP contribution is -2.26. The molecule has 0 aliphatic carbocycles. The minimum absolute atomic E-state index is 0.173. The summed E-state index contributed by atoms with van der Waals surface area (Å²) in [7, 11) is -3.59. The Bertz CT molecular complexity index is 497. The van der Waals surface area contributed by atoms with Crippen molar-refractivity contribution in [1.29, 1.82) is 0 Å². The second-order valence-electron chi connectivity index (χ2n) is 3.14. The Morgan fingerprint density at radius 1 is 1.44 bits per heavy atom. The Balaban J connectivity index is 3.04. The van der Waals surface area contributed by atoms with E-state index in [1.807, 2.05) is 0 Å². The maximum Gasteiger partial charge on any atom is 0.197 e. The van der Waals surface area contributed by atoms with Crippen molar-refractivity contribution >= 4 is 38.8 Å². The van der Waals surface area contributed by atoms with Gasteiger partial charge in [0.1, 0.15) is 0 Å². The van der Waals surface area contributed by atoms with Crippen LogP contribution in [0.15, 0.2) is 24.3 Å². The molecule has 0 N–H and O–H groups in total. The van der Waals surface area contributed by atoms with E-state index in [4.69, 9.17) is 23.2 Å². The highest BCUT2D eigenvalue weighted by Crippen LogP contribution is 2.18. The molecule has 0 spiro atoms. The van der Waals surface area contributed by atoms with E-state index in [1.165, 1.54) is 19.1 Å². The highest BCUT2D eigenvalue weighted by atomic mass is 35.5. The number of hydrogen-bond acceptors (Lipinski definition) is 3. The number of rotatable bonds is 4. The van der Waals surface area contributed by atoms with Crippen LogP contribution in [0.3, 0.4) is 0 Å². The lowest BCUT2D eigenvalue weighted by atomic mass is 10.1. The van der Waals surface area contributed by atoms with Crippen LogP contribution in [0.2, 0.25) is 5.02 Å². The first-order chi connectivity index (χ1) is 7.38. The predicted octanol–water partition coefficient (Wildman–Crippen LogP) is 2.52. The fourth-order valence-electron chi connectivity index (χ4n) is 1.08. The quantitative estimate of drug-likeness (QED) is 0.629. The van der Waals surface area contributed by atoms with Gasteiger partial charge in [0, 0.05) is 16.3 Å². The average Bonchev–Trinajstić information content (AvgIpc) is 2.27. The van der Waals surface area contributed by atoms with E-state index in [9.17, 15) is 13.2 Å². The van der Waals surface area contributed by atoms with Crippen molar-refractivity contribution in [2.24, 2.45) is 0 Å². The number of sulfone groups is 1. The molecule has 16 heavy (non-hydrogen) atoms. The Hall–Kier alpha value is -0.580. The van der Waals surface area contributed by atoms with E-state index in [2.05, 4.69) is 0 Å². The minimum Gasteiger partial charge on any atom is -0.291 e. The van der Waals surface area contributed by atoms with Gasteiger partial charge in [-0.05, 0) is 12.1 Å². The van der Waals surface area contributed by atoms with Crippen LogP contribution in [-0.4, -0.2) is 24.7 Å². The Kier molecular flexibility index (Phi) is 4.35. The van der Waals surface area contributed by atoms with Crippen LogP contribution in [0.25, 0.3) is 0 Å². The van der Waals surface area contributed by atoms with Crippen molar-refractivity contribution in [2.45, 2.75) is 11.6 Å². The maximum atomic E-state index is 11.7. The van der Waals surface area contributed by atoms with E-state index in [-0.39, 0.29) is 11.3 Å². The molecule has 1 aromatic rings. The zero-order chi connectivity index (χ0) is 12.3. The van der Waals surface area contributed by atoms with Crippen LogP contribution in [0.5, 0.6) is 0 Å². The minimum atomic E-state index is -3.59. The summed E-state index contributed by atoms with van der Waals surface area (Å²) >= 11 is 11.3. The first kappa shape index (κ1) is 13.5. The number of carbonyl (C=O) groups is 1. The number of halogens is 2. The molecule has 0 radical (unpaired) electrons. The molecule has 0 aromatic heterocycles. The van der Waals surface area contributed by atoms with Crippen LogP contribution in [0.1, 0.15) is 17.3 Å². The van der Waals surface area contributed by atoms with Gasteiger partial charge in [-0.2, -0.15) is 0 Å². The zero-order valence-corrected chi connectivity index (χ0v) is 10.8. The molecule has 0 saturated carbocycles. The molecule has 0 unspecified atom stereocenters. The molecule has 0 heterocycles. The monoisotopic (exact) mass is 280 g/mol. The average molecular weight is 281 g/mol. The molecule has 0 aliphatic rings. The molecule has 0 bridgehead atoms. The van der Waals surface area contributed by atoms with Gasteiger partial charge in [0.2, 0.25) is 0 Å². The van der Waals surface area contributed by atoms with Gasteiger partial charge in [-0.1, -0.05) is 42.3 Å². The van der Waals surface area contributed by atoms with Crippen molar-refractivity contribution in [1.82, 2.24) is 0 Å². The Morgan fingerprint density at radius 3 is 2.56 bits per heavy atom. The van der Waals surface area contributed by atoms with Crippen LogP contribution in [0.4, 0.5) is 0 Å². The summed E-state index contributed by atoms with van der Waals surface area (Å²) in [6.07, 6.45) is 0. The van der Waals surface area contributed by atoms with Gasteiger partial charge in [0.05, 0.1) is 0 Å². The molecule has 1 aromatic carbocycles. The number of benzene rings is 1. The summed E-state index contributed by atoms with van der Waals surface area (Å²) in [5.41, 5.74) is 0.199. The third-order valence-electron chi connectivity index (χ3n) is 2.03. The lowest BCUT2D eigenvalue weighted by Gasteiger charge is -2.08.